The Morgan fingerprint density at radius 1 is 1.02 bits per heavy atom. The Morgan fingerprint density at radius 2 is 1.73 bits per heavy atom. The van der Waals surface area contributed by atoms with Crippen molar-refractivity contribution in [2.45, 2.75) is 70.7 Å². The molecule has 9 nitrogen and oxygen atoms in total. The molecule has 4 aliphatic rings. The molecule has 222 valence electrons. The fourth-order valence-electron chi connectivity index (χ4n) is 7.22. The predicted octanol–water partition coefficient (Wildman–Crippen LogP) is 3.32. The molecule has 0 aliphatic carbocycles. The van der Waals surface area contributed by atoms with Gasteiger partial charge >= 0.3 is 5.97 Å². The fraction of sp³-hybridized carbons (Fsp3) is 0.594. The van der Waals surface area contributed by atoms with Crippen LogP contribution in [0.1, 0.15) is 47.5 Å². The van der Waals surface area contributed by atoms with Crippen molar-refractivity contribution in [2.24, 2.45) is 17.8 Å². The van der Waals surface area contributed by atoms with E-state index in [1.165, 1.54) is 4.90 Å². The number of carbonyl (C=O) groups is 3. The summed E-state index contributed by atoms with van der Waals surface area (Å²) in [6.07, 6.45) is 8.93. The Balaban J connectivity index is 1.62. The molecule has 0 saturated carbocycles. The zero-order valence-electron chi connectivity index (χ0n) is 24.8. The lowest BCUT2D eigenvalue weighted by Gasteiger charge is -2.41. The van der Waals surface area contributed by atoms with Gasteiger partial charge in [0, 0.05) is 31.0 Å². The quantitative estimate of drug-likeness (QED) is 0.400. The number of benzene rings is 1. The summed E-state index contributed by atoms with van der Waals surface area (Å²) < 4.78 is 12.5. The molecule has 0 bridgehead atoms. The number of hydrogen-bond acceptors (Lipinski definition) is 7. The second kappa shape index (κ2) is 11.2. The van der Waals surface area contributed by atoms with Crippen molar-refractivity contribution in [3.05, 3.63) is 48.6 Å². The molecule has 0 radical (unpaired) electrons. The number of esters is 1. The molecule has 5 rings (SSSR count). The molecule has 1 aromatic rings. The van der Waals surface area contributed by atoms with E-state index in [1.807, 2.05) is 62.4 Å². The van der Waals surface area contributed by atoms with Crippen LogP contribution in [0.25, 0.3) is 0 Å². The number of carbonyl (C=O) groups excluding carboxylic acids is 3. The van der Waals surface area contributed by atoms with Crippen LogP contribution in [0.3, 0.4) is 0 Å². The summed E-state index contributed by atoms with van der Waals surface area (Å²) in [7, 11) is 0. The van der Waals surface area contributed by atoms with E-state index in [1.54, 1.807) is 11.8 Å². The number of nitrogens with zero attached hydrogens (tertiary/aromatic N) is 3. The molecule has 1 aromatic carbocycles. The topological polar surface area (TPSA) is 99.6 Å². The van der Waals surface area contributed by atoms with E-state index in [-0.39, 0.29) is 37.5 Å². The summed E-state index contributed by atoms with van der Waals surface area (Å²) in [5, 5.41) is 10.5. The van der Waals surface area contributed by atoms with Gasteiger partial charge in [0.2, 0.25) is 5.91 Å². The van der Waals surface area contributed by atoms with E-state index < -0.39 is 41.1 Å². The predicted molar refractivity (Wildman–Crippen MR) is 156 cm³/mol. The first kappa shape index (κ1) is 29.3. The van der Waals surface area contributed by atoms with Gasteiger partial charge in [0.1, 0.15) is 17.6 Å². The maximum atomic E-state index is 14.7. The van der Waals surface area contributed by atoms with Gasteiger partial charge in [-0.25, -0.2) is 0 Å². The lowest BCUT2D eigenvalue weighted by atomic mass is 9.74. The number of aliphatic hydroxyl groups is 1. The third-order valence-electron chi connectivity index (χ3n) is 9.29. The minimum atomic E-state index is -1.39. The molecule has 1 N–H and O–H groups in total. The van der Waals surface area contributed by atoms with Crippen molar-refractivity contribution >= 4 is 29.2 Å². The number of likely N-dealkylation sites (tertiary alicyclic amines) is 1. The van der Waals surface area contributed by atoms with Crippen molar-refractivity contribution in [3.8, 4) is 0 Å². The van der Waals surface area contributed by atoms with Crippen LogP contribution in [0.4, 0.5) is 11.4 Å². The first-order valence-electron chi connectivity index (χ1n) is 14.9. The number of aliphatic hydroxyl groups excluding tert-OH is 1. The number of ether oxygens (including phenoxy) is 2. The third-order valence-corrected chi connectivity index (χ3v) is 9.29. The van der Waals surface area contributed by atoms with E-state index in [2.05, 4.69) is 18.7 Å². The monoisotopic (exact) mass is 565 g/mol. The van der Waals surface area contributed by atoms with Crippen molar-refractivity contribution in [1.82, 2.24) is 4.90 Å². The largest absolute Gasteiger partial charge is 0.465 e. The van der Waals surface area contributed by atoms with Gasteiger partial charge in [-0.1, -0.05) is 38.2 Å². The summed E-state index contributed by atoms with van der Waals surface area (Å²) in [4.78, 5) is 48.1. The van der Waals surface area contributed by atoms with Crippen LogP contribution in [0.5, 0.6) is 0 Å². The molecule has 9 heteroatoms. The van der Waals surface area contributed by atoms with Crippen LogP contribution in [0, 0.1) is 17.8 Å². The second-order valence-corrected chi connectivity index (χ2v) is 12.0. The molecule has 0 aromatic heterocycles. The fourth-order valence-corrected chi connectivity index (χ4v) is 7.22. The maximum absolute atomic E-state index is 14.7. The number of amides is 2. The van der Waals surface area contributed by atoms with Crippen molar-refractivity contribution in [2.75, 3.05) is 42.6 Å². The molecular weight excluding hydrogens is 522 g/mol. The SMILES string of the molecule is CCN(CC)c1ccc(N2CC=C[C@]34O[C@@]5(C)/C=C\CCCOC(=O)[C@H]5[C@H]3C(=O)N([C@@H](CO)C(C)C)C4C2=O)cc1. The lowest BCUT2D eigenvalue weighted by Crippen LogP contribution is -2.59. The number of allylic oxidation sites excluding steroid dienone is 1. The third kappa shape index (κ3) is 4.67. The first-order chi connectivity index (χ1) is 19.6. The van der Waals surface area contributed by atoms with Gasteiger partial charge in [0.15, 0.2) is 0 Å². The summed E-state index contributed by atoms with van der Waals surface area (Å²) in [5.41, 5.74) is -0.756. The van der Waals surface area contributed by atoms with Gasteiger partial charge < -0.3 is 29.3 Å². The standard InChI is InChI=1S/C32H43N3O6/c1-6-33(7-2)22-12-14-23(15-13-22)34-18-11-17-32-25(26-30(39)40-19-10-8-9-16-31(26,5)41-32)28(37)35(27(32)29(34)38)24(20-36)21(3)4/h9,11-17,21,24-27,36H,6-8,10,18-20H2,1-5H3/b16-9-/t24-,25-,26+,27?,31-,32-/m0/s1. The molecule has 1 spiro atoms. The van der Waals surface area contributed by atoms with E-state index in [4.69, 9.17) is 9.47 Å². The van der Waals surface area contributed by atoms with Gasteiger partial charge in [0.05, 0.1) is 30.8 Å². The van der Waals surface area contributed by atoms with Crippen molar-refractivity contribution < 1.29 is 29.0 Å². The Kier molecular flexibility index (Phi) is 8.05. The highest BCUT2D eigenvalue weighted by Gasteiger charge is 2.75. The Hall–Kier alpha value is -3.17. The summed E-state index contributed by atoms with van der Waals surface area (Å²) in [5.74, 6) is -3.19. The Bertz CT molecular complexity index is 1220. The molecule has 1 unspecified atom stereocenters. The molecule has 2 fully saturated rings. The highest BCUT2D eigenvalue weighted by Crippen LogP contribution is 2.57. The average molecular weight is 566 g/mol. The number of anilines is 2. The van der Waals surface area contributed by atoms with E-state index in [0.29, 0.717) is 18.5 Å². The van der Waals surface area contributed by atoms with Gasteiger partial charge in [-0.2, -0.15) is 0 Å². The summed E-state index contributed by atoms with van der Waals surface area (Å²) in [6, 6.07) is 6.17. The number of fused-ring (bicyclic) bond motifs is 2. The molecular formula is C32H43N3O6. The normalized spacial score (nSPS) is 32.9. The van der Waals surface area contributed by atoms with E-state index in [9.17, 15) is 19.5 Å². The van der Waals surface area contributed by atoms with Gasteiger partial charge in [-0.05, 0) is 63.8 Å². The minimum Gasteiger partial charge on any atom is -0.465 e. The molecule has 6 atom stereocenters. The highest BCUT2D eigenvalue weighted by molar-refractivity contribution is 6.05. The summed E-state index contributed by atoms with van der Waals surface area (Å²) >= 11 is 0. The van der Waals surface area contributed by atoms with Crippen LogP contribution in [0.15, 0.2) is 48.6 Å². The molecule has 2 amide bonds. The molecule has 41 heavy (non-hydrogen) atoms. The molecule has 4 aliphatic heterocycles. The van der Waals surface area contributed by atoms with Crippen LogP contribution in [0.2, 0.25) is 0 Å². The second-order valence-electron chi connectivity index (χ2n) is 12.0. The Labute approximate surface area is 242 Å². The number of hydrogen-bond donors (Lipinski definition) is 1. The van der Waals surface area contributed by atoms with Gasteiger partial charge in [0.25, 0.3) is 5.91 Å². The smallest absolute Gasteiger partial charge is 0.313 e. The molecule has 2 saturated heterocycles. The van der Waals surface area contributed by atoms with Crippen molar-refractivity contribution in [3.63, 3.8) is 0 Å². The van der Waals surface area contributed by atoms with Crippen LogP contribution >= 0.6 is 0 Å². The van der Waals surface area contributed by atoms with Crippen LogP contribution < -0.4 is 9.80 Å². The van der Waals surface area contributed by atoms with Gasteiger partial charge in [-0.15, -0.1) is 0 Å². The Morgan fingerprint density at radius 3 is 2.37 bits per heavy atom. The van der Waals surface area contributed by atoms with E-state index in [0.717, 1.165) is 18.8 Å². The van der Waals surface area contributed by atoms with Crippen molar-refractivity contribution in [1.29, 1.82) is 0 Å². The number of cyclic esters (lactones) is 1. The molecule has 4 heterocycles. The number of rotatable bonds is 7. The maximum Gasteiger partial charge on any atom is 0.313 e. The van der Waals surface area contributed by atoms with Crippen LogP contribution in [-0.4, -0.2) is 83.9 Å². The average Bonchev–Trinajstić information content (AvgIpc) is 3.29. The lowest BCUT2D eigenvalue weighted by molar-refractivity contribution is -0.160. The van der Waals surface area contributed by atoms with E-state index >= 15 is 0 Å². The van der Waals surface area contributed by atoms with Crippen LogP contribution in [-0.2, 0) is 23.9 Å². The first-order valence-corrected chi connectivity index (χ1v) is 14.9. The highest BCUT2D eigenvalue weighted by atomic mass is 16.6. The minimum absolute atomic E-state index is 0.138. The zero-order valence-corrected chi connectivity index (χ0v) is 24.8. The zero-order chi connectivity index (χ0) is 29.5. The summed E-state index contributed by atoms with van der Waals surface area (Å²) in [6.45, 7) is 11.8. The van der Waals surface area contributed by atoms with Gasteiger partial charge in [-0.3, -0.25) is 14.4 Å².